The molecule has 0 aromatic rings. The molecular weight excluding hydrogens is 158 g/mol. The average Bonchev–Trinajstić information content (AvgIpc) is 2.02. The van der Waals surface area contributed by atoms with Gasteiger partial charge in [-0.15, -0.1) is 0 Å². The van der Waals surface area contributed by atoms with E-state index in [4.69, 9.17) is 0 Å². The van der Waals surface area contributed by atoms with E-state index in [1.807, 2.05) is 0 Å². The van der Waals surface area contributed by atoms with Crippen molar-refractivity contribution in [3.63, 3.8) is 0 Å². The molecule has 0 spiro atoms. The smallest absolute Gasteiger partial charge is 0.0118 e. The quantitative estimate of drug-likeness (QED) is 0.656. The van der Waals surface area contributed by atoms with Gasteiger partial charge in [0.1, 0.15) is 0 Å². The first kappa shape index (κ1) is 9.51. The van der Waals surface area contributed by atoms with Crippen molar-refractivity contribution in [3.8, 4) is 0 Å². The fourth-order valence-electron chi connectivity index (χ4n) is 3.95. The molecule has 0 amide bonds. The van der Waals surface area contributed by atoms with Crippen LogP contribution < -0.4 is 5.32 Å². The molecule has 2 saturated carbocycles. The van der Waals surface area contributed by atoms with Crippen LogP contribution >= 0.6 is 0 Å². The molecule has 1 nitrogen and oxygen atoms in total. The molecule has 2 aliphatic rings. The molecule has 0 aromatic heterocycles. The third kappa shape index (κ3) is 1.76. The molecule has 76 valence electrons. The van der Waals surface area contributed by atoms with Crippen LogP contribution in [0.4, 0.5) is 0 Å². The third-order valence-corrected chi connectivity index (χ3v) is 4.24. The van der Waals surface area contributed by atoms with E-state index < -0.39 is 0 Å². The van der Waals surface area contributed by atoms with Crippen LogP contribution in [-0.2, 0) is 0 Å². The molecule has 5 unspecified atom stereocenters. The molecule has 5 atom stereocenters. The topological polar surface area (TPSA) is 12.0 Å². The summed E-state index contributed by atoms with van der Waals surface area (Å²) < 4.78 is 0. The van der Waals surface area contributed by atoms with Gasteiger partial charge in [-0.1, -0.05) is 13.8 Å². The maximum absolute atomic E-state index is 3.53. The lowest BCUT2D eigenvalue weighted by Gasteiger charge is -2.46. The lowest BCUT2D eigenvalue weighted by atomic mass is 9.63. The van der Waals surface area contributed by atoms with Gasteiger partial charge in [-0.25, -0.2) is 0 Å². The Hall–Kier alpha value is -0.0400. The summed E-state index contributed by atoms with van der Waals surface area (Å²) in [4.78, 5) is 0. The van der Waals surface area contributed by atoms with Gasteiger partial charge in [0.05, 0.1) is 0 Å². The van der Waals surface area contributed by atoms with Crippen LogP contribution in [0.3, 0.4) is 0 Å². The van der Waals surface area contributed by atoms with Gasteiger partial charge in [0.25, 0.3) is 0 Å². The average molecular weight is 181 g/mol. The summed E-state index contributed by atoms with van der Waals surface area (Å²) in [6, 6.07) is 0.805. The Balaban J connectivity index is 2.07. The molecule has 2 fully saturated rings. The minimum atomic E-state index is 0.805. The second-order valence-electron chi connectivity index (χ2n) is 5.47. The van der Waals surface area contributed by atoms with Crippen molar-refractivity contribution in [2.75, 3.05) is 7.05 Å². The normalized spacial score (nSPS) is 50.5. The highest BCUT2D eigenvalue weighted by molar-refractivity contribution is 4.92. The Morgan fingerprint density at radius 1 is 1.00 bits per heavy atom. The van der Waals surface area contributed by atoms with E-state index in [9.17, 15) is 0 Å². The zero-order valence-electron chi connectivity index (χ0n) is 9.22. The number of hydrogen-bond donors (Lipinski definition) is 1. The van der Waals surface area contributed by atoms with Gasteiger partial charge in [0.15, 0.2) is 0 Å². The van der Waals surface area contributed by atoms with Crippen molar-refractivity contribution >= 4 is 0 Å². The zero-order valence-corrected chi connectivity index (χ0v) is 9.22. The maximum Gasteiger partial charge on any atom is 0.0118 e. The predicted molar refractivity (Wildman–Crippen MR) is 56.6 cm³/mol. The van der Waals surface area contributed by atoms with E-state index in [2.05, 4.69) is 26.2 Å². The van der Waals surface area contributed by atoms with E-state index in [0.717, 1.165) is 29.7 Å². The summed E-state index contributed by atoms with van der Waals surface area (Å²) in [5.41, 5.74) is 0. The third-order valence-electron chi connectivity index (χ3n) is 4.24. The Bertz CT molecular complexity index is 174. The number of rotatable bonds is 1. The molecule has 2 rings (SSSR count). The summed E-state index contributed by atoms with van der Waals surface area (Å²) in [5.74, 6) is 3.91. The molecular formula is C12H23N. The van der Waals surface area contributed by atoms with E-state index in [-0.39, 0.29) is 0 Å². The fraction of sp³-hybridized carbons (Fsp3) is 1.00. The largest absolute Gasteiger partial charge is 0.316 e. The standard InChI is InChI=1S/C12H23N/c1-8-4-10-6-9(2)12(13-3)11(5-8)7-10/h8-13H,4-7H2,1-3H3. The van der Waals surface area contributed by atoms with Gasteiger partial charge in [0.2, 0.25) is 0 Å². The zero-order chi connectivity index (χ0) is 9.42. The molecule has 0 saturated heterocycles. The van der Waals surface area contributed by atoms with Gasteiger partial charge in [-0.05, 0) is 56.4 Å². The Morgan fingerprint density at radius 2 is 1.77 bits per heavy atom. The van der Waals surface area contributed by atoms with Gasteiger partial charge in [-0.3, -0.25) is 0 Å². The van der Waals surface area contributed by atoms with Gasteiger partial charge < -0.3 is 5.32 Å². The van der Waals surface area contributed by atoms with Crippen LogP contribution in [0.25, 0.3) is 0 Å². The minimum Gasteiger partial charge on any atom is -0.316 e. The van der Waals surface area contributed by atoms with E-state index in [1.165, 1.54) is 25.7 Å². The molecule has 1 N–H and O–H groups in total. The first-order chi connectivity index (χ1) is 6.20. The van der Waals surface area contributed by atoms with Crippen LogP contribution in [0.15, 0.2) is 0 Å². The monoisotopic (exact) mass is 181 g/mol. The van der Waals surface area contributed by atoms with Crippen molar-refractivity contribution in [1.29, 1.82) is 0 Å². The van der Waals surface area contributed by atoms with Crippen molar-refractivity contribution in [2.45, 2.75) is 45.6 Å². The first-order valence-corrected chi connectivity index (χ1v) is 5.88. The van der Waals surface area contributed by atoms with Crippen LogP contribution in [0.1, 0.15) is 39.5 Å². The molecule has 0 heterocycles. The second-order valence-corrected chi connectivity index (χ2v) is 5.47. The lowest BCUT2D eigenvalue weighted by molar-refractivity contribution is 0.0740. The fourth-order valence-corrected chi connectivity index (χ4v) is 3.95. The first-order valence-electron chi connectivity index (χ1n) is 5.88. The molecule has 2 bridgehead atoms. The Kier molecular flexibility index (Phi) is 2.64. The van der Waals surface area contributed by atoms with Crippen LogP contribution in [0, 0.1) is 23.7 Å². The van der Waals surface area contributed by atoms with E-state index in [0.29, 0.717) is 0 Å². The highest BCUT2D eigenvalue weighted by atomic mass is 14.9. The number of nitrogens with one attached hydrogen (secondary N) is 1. The summed E-state index contributed by atoms with van der Waals surface area (Å²) >= 11 is 0. The highest BCUT2D eigenvalue weighted by Gasteiger charge is 2.38. The number of hydrogen-bond acceptors (Lipinski definition) is 1. The Morgan fingerprint density at radius 3 is 2.46 bits per heavy atom. The van der Waals surface area contributed by atoms with E-state index >= 15 is 0 Å². The van der Waals surface area contributed by atoms with Crippen LogP contribution in [0.5, 0.6) is 0 Å². The number of fused-ring (bicyclic) bond motifs is 2. The maximum atomic E-state index is 3.53. The summed E-state index contributed by atoms with van der Waals surface area (Å²) in [5, 5.41) is 3.53. The SMILES string of the molecule is CNC1C(C)CC2CC(C)CC1C2. The van der Waals surface area contributed by atoms with Crippen molar-refractivity contribution in [2.24, 2.45) is 23.7 Å². The predicted octanol–water partition coefficient (Wildman–Crippen LogP) is 2.67. The molecule has 0 aromatic carbocycles. The summed E-state index contributed by atoms with van der Waals surface area (Å²) in [6.07, 6.45) is 5.93. The van der Waals surface area contributed by atoms with Crippen LogP contribution in [-0.4, -0.2) is 13.1 Å². The summed E-state index contributed by atoms with van der Waals surface area (Å²) in [6.45, 7) is 4.86. The van der Waals surface area contributed by atoms with Crippen LogP contribution in [0.2, 0.25) is 0 Å². The van der Waals surface area contributed by atoms with Gasteiger partial charge in [0, 0.05) is 6.04 Å². The van der Waals surface area contributed by atoms with Crippen molar-refractivity contribution in [3.05, 3.63) is 0 Å². The lowest BCUT2D eigenvalue weighted by Crippen LogP contribution is -2.47. The molecule has 0 aliphatic heterocycles. The van der Waals surface area contributed by atoms with Gasteiger partial charge >= 0.3 is 0 Å². The summed E-state index contributed by atoms with van der Waals surface area (Å²) in [7, 11) is 2.14. The molecule has 1 heteroatoms. The Labute approximate surface area is 82.3 Å². The minimum absolute atomic E-state index is 0.805. The molecule has 2 aliphatic carbocycles. The second kappa shape index (κ2) is 3.61. The highest BCUT2D eigenvalue weighted by Crippen LogP contribution is 2.44. The van der Waals surface area contributed by atoms with E-state index in [1.54, 1.807) is 0 Å². The van der Waals surface area contributed by atoms with Crippen molar-refractivity contribution < 1.29 is 0 Å². The van der Waals surface area contributed by atoms with Crippen molar-refractivity contribution in [1.82, 2.24) is 5.32 Å². The van der Waals surface area contributed by atoms with Gasteiger partial charge in [-0.2, -0.15) is 0 Å². The molecule has 13 heavy (non-hydrogen) atoms. The molecule has 0 radical (unpaired) electrons.